The molecule has 0 heterocycles. The molecule has 2 aromatic carbocycles. The van der Waals surface area contributed by atoms with Crippen LogP contribution in [0.2, 0.25) is 10.0 Å². The van der Waals surface area contributed by atoms with E-state index in [2.05, 4.69) is 5.32 Å². The van der Waals surface area contributed by atoms with Crippen LogP contribution in [0.1, 0.15) is 23.6 Å². The van der Waals surface area contributed by atoms with E-state index in [1.165, 1.54) is 11.8 Å². The van der Waals surface area contributed by atoms with Gasteiger partial charge in [0.2, 0.25) is 11.8 Å². The number of carbonyl (C=O) groups excluding carboxylic acids is 2. The Bertz CT molecular complexity index is 821. The quantitative estimate of drug-likeness (QED) is 0.795. The summed E-state index contributed by atoms with van der Waals surface area (Å²) in [5.41, 5.74) is 3.66. The van der Waals surface area contributed by atoms with Crippen molar-refractivity contribution >= 4 is 40.7 Å². The third-order valence-electron chi connectivity index (χ3n) is 4.07. The van der Waals surface area contributed by atoms with Crippen molar-refractivity contribution < 1.29 is 9.59 Å². The Morgan fingerprint density at radius 2 is 1.81 bits per heavy atom. The molecule has 0 bridgehead atoms. The number of aryl methyl sites for hydroxylation is 2. The largest absolute Gasteiger partial charge is 0.354 e. The molecule has 0 aromatic heterocycles. The van der Waals surface area contributed by atoms with Crippen LogP contribution in [0.3, 0.4) is 0 Å². The number of carbonyl (C=O) groups is 2. The van der Waals surface area contributed by atoms with Crippen LogP contribution in [-0.4, -0.2) is 24.9 Å². The Labute approximate surface area is 164 Å². The molecule has 0 spiro atoms. The minimum atomic E-state index is -0.216. The molecule has 0 aliphatic rings. The molecule has 0 unspecified atom stereocenters. The van der Waals surface area contributed by atoms with E-state index >= 15 is 0 Å². The summed E-state index contributed by atoms with van der Waals surface area (Å²) in [5, 5.41) is 3.99. The Balaban J connectivity index is 1.98. The molecule has 2 aromatic rings. The zero-order valence-corrected chi connectivity index (χ0v) is 16.6. The molecule has 0 fully saturated rings. The van der Waals surface area contributed by atoms with Crippen molar-refractivity contribution in [1.29, 1.82) is 0 Å². The molecule has 138 valence electrons. The summed E-state index contributed by atoms with van der Waals surface area (Å²) in [6.07, 6.45) is 0.589. The number of hydrogen-bond donors (Lipinski definition) is 1. The van der Waals surface area contributed by atoms with Crippen LogP contribution in [-0.2, 0) is 16.0 Å². The fourth-order valence-corrected chi connectivity index (χ4v) is 3.14. The van der Waals surface area contributed by atoms with E-state index in [1.54, 1.807) is 12.1 Å². The smallest absolute Gasteiger partial charge is 0.240 e. The second-order valence-corrected chi connectivity index (χ2v) is 7.07. The molecule has 0 aliphatic carbocycles. The lowest BCUT2D eigenvalue weighted by atomic mass is 10.1. The minimum absolute atomic E-state index is 0.0199. The molecular formula is C20H22Cl2N2O2. The van der Waals surface area contributed by atoms with Crippen LogP contribution in [0.25, 0.3) is 0 Å². The zero-order chi connectivity index (χ0) is 19.3. The van der Waals surface area contributed by atoms with Crippen LogP contribution in [0, 0.1) is 13.8 Å². The van der Waals surface area contributed by atoms with Crippen molar-refractivity contribution in [3.63, 3.8) is 0 Å². The predicted molar refractivity (Wildman–Crippen MR) is 107 cm³/mol. The lowest BCUT2D eigenvalue weighted by Crippen LogP contribution is -2.40. The number of hydrogen-bond acceptors (Lipinski definition) is 2. The van der Waals surface area contributed by atoms with Crippen molar-refractivity contribution in [2.24, 2.45) is 0 Å². The first-order valence-corrected chi connectivity index (χ1v) is 9.09. The second kappa shape index (κ2) is 9.06. The van der Waals surface area contributed by atoms with E-state index in [0.29, 0.717) is 23.0 Å². The van der Waals surface area contributed by atoms with Gasteiger partial charge in [-0.25, -0.2) is 0 Å². The summed E-state index contributed by atoms with van der Waals surface area (Å²) in [5.74, 6) is -0.388. The average molecular weight is 393 g/mol. The molecule has 0 saturated heterocycles. The summed E-state index contributed by atoms with van der Waals surface area (Å²) < 4.78 is 0. The number of rotatable bonds is 6. The van der Waals surface area contributed by atoms with Gasteiger partial charge in [-0.05, 0) is 55.2 Å². The second-order valence-electron chi connectivity index (χ2n) is 6.23. The van der Waals surface area contributed by atoms with E-state index in [0.717, 1.165) is 22.4 Å². The standard InChI is InChI=1S/C20H22Cl2N2O2/c1-13-4-5-14(2)19(10-13)24(15(3)25)12-20(26)23-9-8-16-6-7-17(21)11-18(16)22/h4-7,10-11H,8-9,12H2,1-3H3,(H,23,26). The van der Waals surface area contributed by atoms with Gasteiger partial charge in [-0.1, -0.05) is 41.4 Å². The van der Waals surface area contributed by atoms with E-state index < -0.39 is 0 Å². The monoisotopic (exact) mass is 392 g/mol. The molecule has 2 rings (SSSR count). The number of halogens is 2. The normalized spacial score (nSPS) is 10.5. The molecule has 6 heteroatoms. The maximum atomic E-state index is 12.3. The van der Waals surface area contributed by atoms with Crippen molar-refractivity contribution in [3.05, 3.63) is 63.1 Å². The van der Waals surface area contributed by atoms with Gasteiger partial charge in [0.25, 0.3) is 0 Å². The Kier molecular flexibility index (Phi) is 7.06. The van der Waals surface area contributed by atoms with Crippen LogP contribution in [0.5, 0.6) is 0 Å². The van der Waals surface area contributed by atoms with E-state index in [4.69, 9.17) is 23.2 Å². The highest BCUT2D eigenvalue weighted by atomic mass is 35.5. The number of nitrogens with zero attached hydrogens (tertiary/aromatic N) is 1. The van der Waals surface area contributed by atoms with Crippen molar-refractivity contribution in [1.82, 2.24) is 5.32 Å². The number of benzene rings is 2. The molecule has 0 aliphatic heterocycles. The molecule has 4 nitrogen and oxygen atoms in total. The summed E-state index contributed by atoms with van der Waals surface area (Å²) in [4.78, 5) is 25.8. The Morgan fingerprint density at radius 1 is 1.08 bits per heavy atom. The molecule has 26 heavy (non-hydrogen) atoms. The van der Waals surface area contributed by atoms with E-state index in [9.17, 15) is 9.59 Å². The van der Waals surface area contributed by atoms with Crippen LogP contribution >= 0.6 is 23.2 Å². The van der Waals surface area contributed by atoms with Crippen molar-refractivity contribution in [2.45, 2.75) is 27.2 Å². The molecule has 0 saturated carbocycles. The van der Waals surface area contributed by atoms with Crippen molar-refractivity contribution in [3.8, 4) is 0 Å². The first-order chi connectivity index (χ1) is 12.3. The highest BCUT2D eigenvalue weighted by Crippen LogP contribution is 2.22. The lowest BCUT2D eigenvalue weighted by Gasteiger charge is -2.23. The van der Waals surface area contributed by atoms with Gasteiger partial charge >= 0.3 is 0 Å². The topological polar surface area (TPSA) is 49.4 Å². The molecule has 2 amide bonds. The summed E-state index contributed by atoms with van der Waals surface area (Å²) >= 11 is 12.0. The predicted octanol–water partition coefficient (Wildman–Crippen LogP) is 4.32. The van der Waals surface area contributed by atoms with Gasteiger partial charge < -0.3 is 10.2 Å². The lowest BCUT2D eigenvalue weighted by molar-refractivity contribution is -0.123. The minimum Gasteiger partial charge on any atom is -0.354 e. The van der Waals surface area contributed by atoms with E-state index in [1.807, 2.05) is 38.1 Å². The third kappa shape index (κ3) is 5.48. The fraction of sp³-hybridized carbons (Fsp3) is 0.300. The van der Waals surface area contributed by atoms with Crippen molar-refractivity contribution in [2.75, 3.05) is 18.0 Å². The van der Waals surface area contributed by atoms with Gasteiger partial charge in [0.15, 0.2) is 0 Å². The highest BCUT2D eigenvalue weighted by molar-refractivity contribution is 6.35. The van der Waals surface area contributed by atoms with Gasteiger partial charge in [0, 0.05) is 29.2 Å². The average Bonchev–Trinajstić information content (AvgIpc) is 2.57. The van der Waals surface area contributed by atoms with Crippen LogP contribution in [0.15, 0.2) is 36.4 Å². The SMILES string of the molecule is CC(=O)N(CC(=O)NCCc1ccc(Cl)cc1Cl)c1cc(C)ccc1C. The highest BCUT2D eigenvalue weighted by Gasteiger charge is 2.17. The molecule has 0 radical (unpaired) electrons. The number of amides is 2. The molecule has 1 N–H and O–H groups in total. The van der Waals surface area contributed by atoms with Gasteiger partial charge in [-0.3, -0.25) is 9.59 Å². The Morgan fingerprint density at radius 3 is 2.46 bits per heavy atom. The summed E-state index contributed by atoms with van der Waals surface area (Å²) in [6, 6.07) is 11.1. The van der Waals surface area contributed by atoms with E-state index in [-0.39, 0.29) is 18.4 Å². The molecular weight excluding hydrogens is 371 g/mol. The maximum Gasteiger partial charge on any atom is 0.240 e. The first-order valence-electron chi connectivity index (χ1n) is 8.34. The maximum absolute atomic E-state index is 12.3. The van der Waals surface area contributed by atoms with Gasteiger partial charge in [0.1, 0.15) is 6.54 Å². The number of nitrogens with one attached hydrogen (secondary N) is 1. The van der Waals surface area contributed by atoms with Gasteiger partial charge in [-0.2, -0.15) is 0 Å². The first kappa shape index (κ1) is 20.3. The fourth-order valence-electron chi connectivity index (χ4n) is 2.64. The van der Waals surface area contributed by atoms with Crippen LogP contribution in [0.4, 0.5) is 5.69 Å². The zero-order valence-electron chi connectivity index (χ0n) is 15.1. The number of anilines is 1. The summed E-state index contributed by atoms with van der Waals surface area (Å²) in [6.45, 7) is 5.75. The third-order valence-corrected chi connectivity index (χ3v) is 4.66. The Hall–Kier alpha value is -2.04. The van der Waals surface area contributed by atoms with Gasteiger partial charge in [0.05, 0.1) is 0 Å². The van der Waals surface area contributed by atoms with Crippen LogP contribution < -0.4 is 10.2 Å². The van der Waals surface area contributed by atoms with Gasteiger partial charge in [-0.15, -0.1) is 0 Å². The molecule has 0 atom stereocenters. The summed E-state index contributed by atoms with van der Waals surface area (Å²) in [7, 11) is 0.